The van der Waals surface area contributed by atoms with Gasteiger partial charge in [0, 0.05) is 56.2 Å². The van der Waals surface area contributed by atoms with Gasteiger partial charge in [-0.2, -0.15) is 0 Å². The Morgan fingerprint density at radius 1 is 0.818 bits per heavy atom. The SMILES string of the molecule is COc1cccc2c1C(=O)c1c(OC)cc(CN3CCN(c4ncccn4)CC3)cc1C2=O. The van der Waals surface area contributed by atoms with Crippen molar-refractivity contribution >= 4 is 17.5 Å². The first-order chi connectivity index (χ1) is 16.1. The second-order valence-electron chi connectivity index (χ2n) is 8.07. The number of hydrogen-bond acceptors (Lipinski definition) is 8. The van der Waals surface area contributed by atoms with Crippen molar-refractivity contribution in [1.29, 1.82) is 0 Å². The summed E-state index contributed by atoms with van der Waals surface area (Å²) in [7, 11) is 3.01. The van der Waals surface area contributed by atoms with E-state index in [0.717, 1.165) is 37.7 Å². The van der Waals surface area contributed by atoms with Crippen LogP contribution >= 0.6 is 0 Å². The summed E-state index contributed by atoms with van der Waals surface area (Å²) in [5.41, 5.74) is 2.27. The summed E-state index contributed by atoms with van der Waals surface area (Å²) >= 11 is 0. The van der Waals surface area contributed by atoms with Gasteiger partial charge in [-0.15, -0.1) is 0 Å². The molecule has 2 heterocycles. The number of benzene rings is 2. The summed E-state index contributed by atoms with van der Waals surface area (Å²) in [6.07, 6.45) is 3.50. The fourth-order valence-corrected chi connectivity index (χ4v) is 4.55. The fraction of sp³-hybridized carbons (Fsp3) is 0.280. The van der Waals surface area contributed by atoms with Gasteiger partial charge < -0.3 is 14.4 Å². The first kappa shape index (κ1) is 21.1. The lowest BCUT2D eigenvalue weighted by molar-refractivity contribution is 0.0973. The number of hydrogen-bond donors (Lipinski definition) is 0. The Labute approximate surface area is 191 Å². The van der Waals surface area contributed by atoms with Crippen molar-refractivity contribution in [3.8, 4) is 11.5 Å². The third-order valence-corrected chi connectivity index (χ3v) is 6.18. The maximum absolute atomic E-state index is 13.3. The highest BCUT2D eigenvalue weighted by atomic mass is 16.5. The number of piperazine rings is 1. The smallest absolute Gasteiger partial charge is 0.225 e. The van der Waals surface area contributed by atoms with E-state index in [4.69, 9.17) is 9.47 Å². The van der Waals surface area contributed by atoms with Gasteiger partial charge in [0.2, 0.25) is 11.7 Å². The minimum atomic E-state index is -0.253. The maximum Gasteiger partial charge on any atom is 0.225 e. The van der Waals surface area contributed by atoms with Gasteiger partial charge in [0.25, 0.3) is 0 Å². The molecular formula is C25H24N4O4. The van der Waals surface area contributed by atoms with E-state index in [1.807, 2.05) is 18.2 Å². The molecule has 8 nitrogen and oxygen atoms in total. The monoisotopic (exact) mass is 444 g/mol. The second kappa shape index (κ2) is 8.63. The maximum atomic E-state index is 13.3. The average Bonchev–Trinajstić information content (AvgIpc) is 2.87. The number of methoxy groups -OCH3 is 2. The molecule has 1 aliphatic carbocycles. The quantitative estimate of drug-likeness (QED) is 0.464. The Balaban J connectivity index is 1.40. The number of ketones is 2. The lowest BCUT2D eigenvalue weighted by atomic mass is 9.82. The zero-order valence-electron chi connectivity index (χ0n) is 18.6. The standard InChI is InChI=1S/C25H24N4O4/c1-32-19-6-3-5-17-21(19)24(31)22-18(23(17)30)13-16(14-20(22)33-2)15-28-9-11-29(12-10-28)25-26-7-4-8-27-25/h3-8,13-14H,9-12,15H2,1-2H3. The highest BCUT2D eigenvalue weighted by Crippen LogP contribution is 2.38. The molecule has 0 amide bonds. The van der Waals surface area contributed by atoms with Gasteiger partial charge in [0.1, 0.15) is 11.5 Å². The number of anilines is 1. The molecule has 3 aromatic rings. The Bertz CT molecular complexity index is 1220. The summed E-state index contributed by atoms with van der Waals surface area (Å²) in [4.78, 5) is 39.8. The van der Waals surface area contributed by atoms with Crippen molar-refractivity contribution in [2.75, 3.05) is 45.3 Å². The molecule has 1 saturated heterocycles. The zero-order valence-corrected chi connectivity index (χ0v) is 18.6. The molecule has 0 radical (unpaired) electrons. The lowest BCUT2D eigenvalue weighted by Gasteiger charge is -2.34. The average molecular weight is 444 g/mol. The molecular weight excluding hydrogens is 420 g/mol. The Morgan fingerprint density at radius 2 is 1.52 bits per heavy atom. The molecule has 0 atom stereocenters. The minimum Gasteiger partial charge on any atom is -0.496 e. The van der Waals surface area contributed by atoms with Gasteiger partial charge in [-0.3, -0.25) is 14.5 Å². The summed E-state index contributed by atoms with van der Waals surface area (Å²) in [6, 6.07) is 10.6. The molecule has 168 valence electrons. The number of ether oxygens (including phenoxy) is 2. The van der Waals surface area contributed by atoms with Crippen LogP contribution in [0.15, 0.2) is 48.8 Å². The molecule has 0 N–H and O–H groups in total. The van der Waals surface area contributed by atoms with Crippen LogP contribution in [0.3, 0.4) is 0 Å². The lowest BCUT2D eigenvalue weighted by Crippen LogP contribution is -2.46. The molecule has 33 heavy (non-hydrogen) atoms. The number of aromatic nitrogens is 2. The highest BCUT2D eigenvalue weighted by molar-refractivity contribution is 6.30. The first-order valence-electron chi connectivity index (χ1n) is 10.8. The Morgan fingerprint density at radius 3 is 2.21 bits per heavy atom. The summed E-state index contributed by atoms with van der Waals surface area (Å²) in [5.74, 6) is 1.10. The Hall–Kier alpha value is -3.78. The molecule has 0 bridgehead atoms. The highest BCUT2D eigenvalue weighted by Gasteiger charge is 2.35. The summed E-state index contributed by atoms with van der Waals surface area (Å²) in [5, 5.41) is 0. The van der Waals surface area contributed by atoms with E-state index in [9.17, 15) is 9.59 Å². The van der Waals surface area contributed by atoms with E-state index in [1.165, 1.54) is 14.2 Å². The second-order valence-corrected chi connectivity index (χ2v) is 8.07. The van der Waals surface area contributed by atoms with E-state index in [1.54, 1.807) is 30.6 Å². The summed E-state index contributed by atoms with van der Waals surface area (Å²) in [6.45, 7) is 3.96. The molecule has 0 unspecified atom stereocenters. The van der Waals surface area contributed by atoms with Crippen LogP contribution in [0.1, 0.15) is 37.4 Å². The van der Waals surface area contributed by atoms with Crippen molar-refractivity contribution in [2.24, 2.45) is 0 Å². The van der Waals surface area contributed by atoms with Gasteiger partial charge in [0.05, 0.1) is 25.3 Å². The van der Waals surface area contributed by atoms with Crippen molar-refractivity contribution in [2.45, 2.75) is 6.54 Å². The van der Waals surface area contributed by atoms with Crippen molar-refractivity contribution < 1.29 is 19.1 Å². The molecule has 2 aliphatic rings. The van der Waals surface area contributed by atoms with E-state index >= 15 is 0 Å². The minimum absolute atomic E-state index is 0.190. The van der Waals surface area contributed by atoms with Crippen LogP contribution in [-0.2, 0) is 6.54 Å². The molecule has 8 heteroatoms. The molecule has 1 aromatic heterocycles. The first-order valence-corrected chi connectivity index (χ1v) is 10.8. The predicted octanol–water partition coefficient (Wildman–Crippen LogP) is 2.59. The molecule has 5 rings (SSSR count). The zero-order chi connectivity index (χ0) is 22.9. The molecule has 1 aliphatic heterocycles. The third-order valence-electron chi connectivity index (χ3n) is 6.18. The van der Waals surface area contributed by atoms with E-state index in [2.05, 4.69) is 19.8 Å². The fourth-order valence-electron chi connectivity index (χ4n) is 4.55. The van der Waals surface area contributed by atoms with Crippen LogP contribution in [0.4, 0.5) is 5.95 Å². The summed E-state index contributed by atoms with van der Waals surface area (Å²) < 4.78 is 10.9. The molecule has 0 saturated carbocycles. The number of carbonyl (C=O) groups is 2. The molecule has 0 spiro atoms. The molecule has 1 fully saturated rings. The molecule has 2 aromatic carbocycles. The normalized spacial score (nSPS) is 15.8. The topological polar surface area (TPSA) is 84.9 Å². The van der Waals surface area contributed by atoms with Gasteiger partial charge >= 0.3 is 0 Å². The van der Waals surface area contributed by atoms with Gasteiger partial charge in [-0.25, -0.2) is 9.97 Å². The van der Waals surface area contributed by atoms with Crippen LogP contribution < -0.4 is 14.4 Å². The van der Waals surface area contributed by atoms with Gasteiger partial charge in [0.15, 0.2) is 5.78 Å². The van der Waals surface area contributed by atoms with Crippen molar-refractivity contribution in [3.63, 3.8) is 0 Å². The van der Waals surface area contributed by atoms with Crippen LogP contribution in [0.2, 0.25) is 0 Å². The van der Waals surface area contributed by atoms with E-state index < -0.39 is 0 Å². The number of fused-ring (bicyclic) bond motifs is 2. The van der Waals surface area contributed by atoms with Crippen molar-refractivity contribution in [1.82, 2.24) is 14.9 Å². The third kappa shape index (κ3) is 3.72. The van der Waals surface area contributed by atoms with Crippen LogP contribution in [0.25, 0.3) is 0 Å². The van der Waals surface area contributed by atoms with Gasteiger partial charge in [-0.05, 0) is 29.8 Å². The van der Waals surface area contributed by atoms with Gasteiger partial charge in [-0.1, -0.05) is 12.1 Å². The van der Waals surface area contributed by atoms with E-state index in [-0.39, 0.29) is 11.6 Å². The largest absolute Gasteiger partial charge is 0.496 e. The van der Waals surface area contributed by atoms with Crippen LogP contribution in [-0.4, -0.2) is 66.8 Å². The predicted molar refractivity (Wildman–Crippen MR) is 122 cm³/mol. The Kier molecular flexibility index (Phi) is 5.51. The number of carbonyl (C=O) groups excluding carboxylic acids is 2. The van der Waals surface area contributed by atoms with E-state index in [0.29, 0.717) is 40.3 Å². The number of nitrogens with zero attached hydrogens (tertiary/aromatic N) is 4. The number of rotatable bonds is 5. The van der Waals surface area contributed by atoms with Crippen molar-refractivity contribution in [3.05, 3.63) is 76.6 Å². The van der Waals surface area contributed by atoms with Crippen LogP contribution in [0.5, 0.6) is 11.5 Å². The van der Waals surface area contributed by atoms with Crippen LogP contribution in [0, 0.1) is 0 Å².